The number of benzene rings is 1. The highest BCUT2D eigenvalue weighted by atomic mass is 79.9. The number of rotatable bonds is 5. The number of nitrogens with two attached hydrogens (primary N) is 1. The molecule has 0 aliphatic rings. The van der Waals surface area contributed by atoms with Crippen molar-refractivity contribution < 1.29 is 22.4 Å². The van der Waals surface area contributed by atoms with E-state index in [1.54, 1.807) is 12.1 Å². The van der Waals surface area contributed by atoms with Crippen molar-refractivity contribution in [2.45, 2.75) is 12.7 Å². The summed E-state index contributed by atoms with van der Waals surface area (Å²) in [6.07, 6.45) is 0.0386. The molecule has 184 valence electrons. The van der Waals surface area contributed by atoms with Crippen molar-refractivity contribution in [3.8, 4) is 22.4 Å². The molecule has 3 N–H and O–H groups in total. The molecule has 0 aliphatic heterocycles. The molecule has 12 heteroatoms. The van der Waals surface area contributed by atoms with Crippen molar-refractivity contribution in [3.05, 3.63) is 93.3 Å². The zero-order valence-corrected chi connectivity index (χ0v) is 19.8. The van der Waals surface area contributed by atoms with E-state index in [0.29, 0.717) is 20.3 Å². The average molecular weight is 562 g/mol. The van der Waals surface area contributed by atoms with Gasteiger partial charge in [0.25, 0.3) is 5.91 Å². The van der Waals surface area contributed by atoms with Gasteiger partial charge in [0.2, 0.25) is 5.43 Å². The molecule has 36 heavy (non-hydrogen) atoms. The largest absolute Gasteiger partial charge is 0.406 e. The number of carbonyl (C=O) groups excluding carboxylic acids is 1. The molecule has 1 aromatic carbocycles. The van der Waals surface area contributed by atoms with Crippen LogP contribution in [0.2, 0.25) is 0 Å². The van der Waals surface area contributed by atoms with Crippen LogP contribution in [0.4, 0.5) is 29.1 Å². The molecular weight excluding hydrogens is 546 g/mol. The van der Waals surface area contributed by atoms with Crippen LogP contribution in [0.3, 0.4) is 0 Å². The summed E-state index contributed by atoms with van der Waals surface area (Å²) in [5.41, 5.74) is 5.73. The molecule has 7 nitrogen and oxygen atoms in total. The smallest absolute Gasteiger partial charge is 0.383 e. The zero-order chi connectivity index (χ0) is 26.0. The Labute approximate surface area is 209 Å². The second-order valence-electron chi connectivity index (χ2n) is 7.68. The van der Waals surface area contributed by atoms with Gasteiger partial charge in [-0.05, 0) is 51.8 Å². The molecule has 0 atom stereocenters. The lowest BCUT2D eigenvalue weighted by Gasteiger charge is -2.14. The van der Waals surface area contributed by atoms with Crippen LogP contribution in [0.1, 0.15) is 10.4 Å². The van der Waals surface area contributed by atoms with Crippen LogP contribution in [-0.2, 0) is 6.54 Å². The summed E-state index contributed by atoms with van der Waals surface area (Å²) in [6.45, 7) is -1.43. The normalized spacial score (nSPS) is 11.4. The molecule has 0 saturated heterocycles. The molecule has 0 fully saturated rings. The number of nitrogens with one attached hydrogen (secondary N) is 1. The Hall–Kier alpha value is -4.06. The molecule has 0 radical (unpaired) electrons. The Bertz CT molecular complexity index is 1490. The first-order valence-electron chi connectivity index (χ1n) is 10.3. The molecule has 3 aromatic heterocycles. The van der Waals surface area contributed by atoms with Crippen molar-refractivity contribution in [3.63, 3.8) is 0 Å². The number of anilines is 2. The number of pyridine rings is 3. The monoisotopic (exact) mass is 561 g/mol. The van der Waals surface area contributed by atoms with Gasteiger partial charge in [-0.1, -0.05) is 12.1 Å². The van der Waals surface area contributed by atoms with Crippen LogP contribution in [0.15, 0.2) is 76.5 Å². The molecule has 4 rings (SSSR count). The van der Waals surface area contributed by atoms with Crippen LogP contribution < -0.4 is 16.5 Å². The number of hydrogen-bond acceptors (Lipinski definition) is 5. The highest BCUT2D eigenvalue weighted by Gasteiger charge is 2.29. The highest BCUT2D eigenvalue weighted by molar-refractivity contribution is 9.10. The number of carbonyl (C=O) groups is 1. The van der Waals surface area contributed by atoms with Gasteiger partial charge in [-0.25, -0.2) is 9.37 Å². The van der Waals surface area contributed by atoms with Crippen molar-refractivity contribution in [2.24, 2.45) is 0 Å². The minimum atomic E-state index is -4.61. The SMILES string of the molecule is Nc1ncc(Br)cc1-c1ccc(NC(=O)c2cn(CC(F)(F)F)cc(-c3ccc(F)cc3)c2=O)cn1. The van der Waals surface area contributed by atoms with Crippen LogP contribution >= 0.6 is 15.9 Å². The second-order valence-corrected chi connectivity index (χ2v) is 8.60. The molecule has 3 heterocycles. The third kappa shape index (κ3) is 5.77. The average Bonchev–Trinajstić information content (AvgIpc) is 2.82. The van der Waals surface area contributed by atoms with E-state index in [2.05, 4.69) is 31.2 Å². The van der Waals surface area contributed by atoms with Gasteiger partial charge in [-0.15, -0.1) is 0 Å². The number of nitrogen functional groups attached to an aromatic ring is 1. The Morgan fingerprint density at radius 1 is 1.03 bits per heavy atom. The third-order valence-electron chi connectivity index (χ3n) is 5.02. The third-order valence-corrected chi connectivity index (χ3v) is 5.46. The van der Waals surface area contributed by atoms with Crippen LogP contribution in [0.25, 0.3) is 22.4 Å². The Morgan fingerprint density at radius 3 is 2.39 bits per heavy atom. The molecule has 4 aromatic rings. The Kier molecular flexibility index (Phi) is 6.88. The second kappa shape index (κ2) is 9.90. The first-order valence-corrected chi connectivity index (χ1v) is 11.0. The zero-order valence-electron chi connectivity index (χ0n) is 18.2. The number of nitrogens with zero attached hydrogens (tertiary/aromatic N) is 3. The summed E-state index contributed by atoms with van der Waals surface area (Å²) in [6, 6.07) is 9.40. The van der Waals surface area contributed by atoms with Gasteiger partial charge in [-0.2, -0.15) is 13.2 Å². The summed E-state index contributed by atoms with van der Waals surface area (Å²) in [4.78, 5) is 34.2. The number of hydrogen-bond donors (Lipinski definition) is 2. The summed E-state index contributed by atoms with van der Waals surface area (Å²) < 4.78 is 53.9. The lowest BCUT2D eigenvalue weighted by atomic mass is 10.0. The van der Waals surface area contributed by atoms with E-state index >= 15 is 0 Å². The number of halogens is 5. The maximum atomic E-state index is 13.3. The number of amides is 1. The highest BCUT2D eigenvalue weighted by Crippen LogP contribution is 2.26. The quantitative estimate of drug-likeness (QED) is 0.323. The van der Waals surface area contributed by atoms with Gasteiger partial charge in [0.15, 0.2) is 0 Å². The summed E-state index contributed by atoms with van der Waals surface area (Å²) in [7, 11) is 0. The Morgan fingerprint density at radius 2 is 1.75 bits per heavy atom. The number of alkyl halides is 3. The van der Waals surface area contributed by atoms with E-state index in [0.717, 1.165) is 24.5 Å². The van der Waals surface area contributed by atoms with E-state index in [-0.39, 0.29) is 22.6 Å². The van der Waals surface area contributed by atoms with Crippen LogP contribution in [-0.4, -0.2) is 26.6 Å². The molecule has 1 amide bonds. The van der Waals surface area contributed by atoms with Crippen molar-refractivity contribution in [2.75, 3.05) is 11.1 Å². The number of aromatic nitrogens is 3. The lowest BCUT2D eigenvalue weighted by Crippen LogP contribution is -2.27. The molecule has 0 spiro atoms. The molecular formula is C24H16BrF4N5O2. The van der Waals surface area contributed by atoms with Gasteiger partial charge in [0.1, 0.15) is 23.7 Å². The minimum Gasteiger partial charge on any atom is -0.383 e. The lowest BCUT2D eigenvalue weighted by molar-refractivity contribution is -0.140. The summed E-state index contributed by atoms with van der Waals surface area (Å²) in [5, 5.41) is 2.47. The van der Waals surface area contributed by atoms with Gasteiger partial charge < -0.3 is 15.6 Å². The fraction of sp³-hybridized carbons (Fsp3) is 0.0833. The predicted octanol–water partition coefficient (Wildman–Crippen LogP) is 5.27. The van der Waals surface area contributed by atoms with E-state index < -0.39 is 35.4 Å². The van der Waals surface area contributed by atoms with E-state index in [1.807, 2.05) is 0 Å². The van der Waals surface area contributed by atoms with Crippen LogP contribution in [0.5, 0.6) is 0 Å². The van der Waals surface area contributed by atoms with Crippen molar-refractivity contribution in [1.82, 2.24) is 14.5 Å². The van der Waals surface area contributed by atoms with Gasteiger partial charge in [-0.3, -0.25) is 14.6 Å². The molecule has 0 bridgehead atoms. The van der Waals surface area contributed by atoms with Crippen molar-refractivity contribution in [1.29, 1.82) is 0 Å². The Balaban J connectivity index is 1.67. The first kappa shape index (κ1) is 25.0. The summed E-state index contributed by atoms with van der Waals surface area (Å²) in [5.74, 6) is -1.28. The maximum absolute atomic E-state index is 13.3. The van der Waals surface area contributed by atoms with Crippen LogP contribution in [0, 0.1) is 5.82 Å². The van der Waals surface area contributed by atoms with E-state index in [4.69, 9.17) is 5.73 Å². The minimum absolute atomic E-state index is 0.165. The van der Waals surface area contributed by atoms with Gasteiger partial charge in [0, 0.05) is 34.2 Å². The fourth-order valence-corrected chi connectivity index (χ4v) is 3.74. The molecule has 0 unspecified atom stereocenters. The molecule has 0 saturated carbocycles. The van der Waals surface area contributed by atoms with Gasteiger partial charge >= 0.3 is 6.18 Å². The standard InChI is InChI=1S/C24H16BrF4N5O2/c25-14-7-17(22(30)32-8-14)20-6-5-16(9-31-20)33-23(36)19-11-34(12-24(27,28)29)10-18(21(19)35)13-1-3-15(26)4-2-13/h1-11H,12H2,(H2,30,32)(H,33,36). The molecule has 0 aliphatic carbocycles. The maximum Gasteiger partial charge on any atom is 0.406 e. The predicted molar refractivity (Wildman–Crippen MR) is 130 cm³/mol. The first-order chi connectivity index (χ1) is 17.0. The fourth-order valence-electron chi connectivity index (χ4n) is 3.41. The summed E-state index contributed by atoms with van der Waals surface area (Å²) >= 11 is 3.30. The van der Waals surface area contributed by atoms with Gasteiger partial charge in [0.05, 0.1) is 17.6 Å². The van der Waals surface area contributed by atoms with Crippen molar-refractivity contribution >= 4 is 33.3 Å². The van der Waals surface area contributed by atoms with E-state index in [9.17, 15) is 27.2 Å². The van der Waals surface area contributed by atoms with E-state index in [1.165, 1.54) is 30.6 Å². The topological polar surface area (TPSA) is 103 Å².